The van der Waals surface area contributed by atoms with Crippen LogP contribution in [0.4, 0.5) is 0 Å². The van der Waals surface area contributed by atoms with Crippen LogP contribution in [0.25, 0.3) is 16.9 Å². The van der Waals surface area contributed by atoms with E-state index in [1.807, 2.05) is 31.2 Å². The van der Waals surface area contributed by atoms with Gasteiger partial charge in [0.15, 0.2) is 0 Å². The summed E-state index contributed by atoms with van der Waals surface area (Å²) in [4.78, 5) is 0.114. The molecule has 0 unspecified atom stereocenters. The highest BCUT2D eigenvalue weighted by Crippen LogP contribution is 2.34. The summed E-state index contributed by atoms with van der Waals surface area (Å²) in [7, 11) is -2.31. The summed E-state index contributed by atoms with van der Waals surface area (Å²) in [6, 6.07) is 19.4. The number of sulfonamides is 1. The van der Waals surface area contributed by atoms with Crippen LogP contribution >= 0.6 is 39.1 Å². The normalized spacial score (nSPS) is 11.6. The van der Waals surface area contributed by atoms with Gasteiger partial charge in [0, 0.05) is 26.7 Å². The van der Waals surface area contributed by atoms with E-state index in [0.717, 1.165) is 21.3 Å². The second-order valence-corrected chi connectivity index (χ2v) is 11.2. The standard InChI is InChI=1S/C25H22BrCl2N3O3S/c1-3-21-23(15-29-35(32,33)20-6-4-5-19(14-20)34-2)30-31(24-12-11-18(27)13-22(24)28)25(21)16-7-9-17(26)10-8-16/h4-14,29H,3,15H2,1-2H3. The maximum Gasteiger partial charge on any atom is 0.241 e. The summed E-state index contributed by atoms with van der Waals surface area (Å²) >= 11 is 16.1. The zero-order valence-electron chi connectivity index (χ0n) is 18.9. The van der Waals surface area contributed by atoms with Crippen molar-refractivity contribution in [3.8, 4) is 22.7 Å². The highest BCUT2D eigenvalue weighted by atomic mass is 79.9. The van der Waals surface area contributed by atoms with Gasteiger partial charge in [0.25, 0.3) is 0 Å². The number of rotatable bonds is 8. The van der Waals surface area contributed by atoms with E-state index in [0.29, 0.717) is 33.6 Å². The molecular weight excluding hydrogens is 573 g/mol. The first-order chi connectivity index (χ1) is 16.7. The van der Waals surface area contributed by atoms with Crippen molar-refractivity contribution in [3.05, 3.63) is 92.5 Å². The number of halogens is 3. The number of hydrogen-bond donors (Lipinski definition) is 1. The molecule has 0 bridgehead atoms. The quantitative estimate of drug-likeness (QED) is 0.248. The molecule has 0 fully saturated rings. The van der Waals surface area contributed by atoms with E-state index in [1.54, 1.807) is 35.0 Å². The van der Waals surface area contributed by atoms with E-state index in [9.17, 15) is 8.42 Å². The van der Waals surface area contributed by atoms with Gasteiger partial charge in [-0.1, -0.05) is 64.3 Å². The number of methoxy groups -OCH3 is 1. The van der Waals surface area contributed by atoms with E-state index < -0.39 is 10.0 Å². The van der Waals surface area contributed by atoms with Gasteiger partial charge < -0.3 is 4.74 Å². The average Bonchev–Trinajstić information content (AvgIpc) is 3.21. The lowest BCUT2D eigenvalue weighted by molar-refractivity contribution is 0.413. The lowest BCUT2D eigenvalue weighted by Gasteiger charge is -2.11. The molecule has 1 N–H and O–H groups in total. The zero-order chi connectivity index (χ0) is 25.2. The van der Waals surface area contributed by atoms with E-state index in [1.165, 1.54) is 19.2 Å². The fraction of sp³-hybridized carbons (Fsp3) is 0.160. The van der Waals surface area contributed by atoms with E-state index in [2.05, 4.69) is 20.7 Å². The highest BCUT2D eigenvalue weighted by molar-refractivity contribution is 9.10. The lowest BCUT2D eigenvalue weighted by atomic mass is 10.0. The van der Waals surface area contributed by atoms with Crippen LogP contribution in [0.5, 0.6) is 5.75 Å². The number of benzene rings is 3. The molecular formula is C25H22BrCl2N3O3S. The summed E-state index contributed by atoms with van der Waals surface area (Å²) in [6.45, 7) is 2.01. The van der Waals surface area contributed by atoms with Gasteiger partial charge in [-0.3, -0.25) is 0 Å². The molecule has 3 aromatic carbocycles. The van der Waals surface area contributed by atoms with Gasteiger partial charge in [0.2, 0.25) is 10.0 Å². The van der Waals surface area contributed by atoms with E-state index >= 15 is 0 Å². The summed E-state index contributed by atoms with van der Waals surface area (Å²) in [5.74, 6) is 0.460. The Morgan fingerprint density at radius 1 is 1.06 bits per heavy atom. The predicted molar refractivity (Wildman–Crippen MR) is 143 cm³/mol. The van der Waals surface area contributed by atoms with Crippen LogP contribution < -0.4 is 9.46 Å². The molecule has 4 rings (SSSR count). The summed E-state index contributed by atoms with van der Waals surface area (Å²) < 4.78 is 36.5. The van der Waals surface area contributed by atoms with Crippen LogP contribution in [0.3, 0.4) is 0 Å². The van der Waals surface area contributed by atoms with Crippen LogP contribution in [-0.4, -0.2) is 25.3 Å². The molecule has 1 aromatic heterocycles. The Morgan fingerprint density at radius 3 is 2.46 bits per heavy atom. The molecule has 4 aromatic rings. The summed E-state index contributed by atoms with van der Waals surface area (Å²) in [5, 5.41) is 5.74. The summed E-state index contributed by atoms with van der Waals surface area (Å²) in [5.41, 5.74) is 3.91. The minimum Gasteiger partial charge on any atom is -0.497 e. The Morgan fingerprint density at radius 2 is 1.80 bits per heavy atom. The number of hydrogen-bond acceptors (Lipinski definition) is 4. The molecule has 0 spiro atoms. The largest absolute Gasteiger partial charge is 0.497 e. The van der Waals surface area contributed by atoms with Crippen molar-refractivity contribution in [3.63, 3.8) is 0 Å². The third kappa shape index (κ3) is 5.57. The van der Waals surface area contributed by atoms with Gasteiger partial charge >= 0.3 is 0 Å². The van der Waals surface area contributed by atoms with Crippen molar-refractivity contribution in [2.45, 2.75) is 24.8 Å². The van der Waals surface area contributed by atoms with Crippen molar-refractivity contribution >= 4 is 49.2 Å². The Bertz CT molecular complexity index is 1470. The van der Waals surface area contributed by atoms with Gasteiger partial charge in [-0.2, -0.15) is 5.10 Å². The minimum atomic E-state index is -3.80. The Balaban J connectivity index is 1.79. The second-order valence-electron chi connectivity index (χ2n) is 7.65. The number of ether oxygens (including phenoxy) is 1. The molecule has 0 saturated heterocycles. The fourth-order valence-electron chi connectivity index (χ4n) is 3.76. The lowest BCUT2D eigenvalue weighted by Crippen LogP contribution is -2.24. The topological polar surface area (TPSA) is 73.2 Å². The van der Waals surface area contributed by atoms with E-state index in [-0.39, 0.29) is 11.4 Å². The van der Waals surface area contributed by atoms with Crippen LogP contribution in [0.1, 0.15) is 18.2 Å². The second kappa shape index (κ2) is 10.7. The molecule has 1 heterocycles. The first-order valence-electron chi connectivity index (χ1n) is 10.7. The molecule has 0 aliphatic rings. The molecule has 6 nitrogen and oxygen atoms in total. The predicted octanol–water partition coefficient (Wildman–Crippen LogP) is 6.66. The molecule has 0 saturated carbocycles. The van der Waals surface area contributed by atoms with Crippen molar-refractivity contribution in [2.75, 3.05) is 7.11 Å². The van der Waals surface area contributed by atoms with Crippen molar-refractivity contribution in [2.24, 2.45) is 0 Å². The van der Waals surface area contributed by atoms with Crippen LogP contribution in [0.15, 0.2) is 76.1 Å². The monoisotopic (exact) mass is 593 g/mol. The number of nitrogens with zero attached hydrogens (tertiary/aromatic N) is 2. The maximum atomic E-state index is 13.0. The van der Waals surface area contributed by atoms with Gasteiger partial charge in [0.1, 0.15) is 5.75 Å². The van der Waals surface area contributed by atoms with Crippen molar-refractivity contribution in [1.82, 2.24) is 14.5 Å². The van der Waals surface area contributed by atoms with Gasteiger partial charge in [-0.25, -0.2) is 17.8 Å². The van der Waals surface area contributed by atoms with E-state index in [4.69, 9.17) is 33.0 Å². The highest BCUT2D eigenvalue weighted by Gasteiger charge is 2.23. The maximum absolute atomic E-state index is 13.0. The Hall–Kier alpha value is -2.36. The zero-order valence-corrected chi connectivity index (χ0v) is 22.8. The third-order valence-electron chi connectivity index (χ3n) is 5.46. The van der Waals surface area contributed by atoms with Crippen molar-refractivity contribution in [1.29, 1.82) is 0 Å². The molecule has 0 radical (unpaired) electrons. The molecule has 0 aliphatic heterocycles. The van der Waals surface area contributed by atoms with Crippen molar-refractivity contribution < 1.29 is 13.2 Å². The minimum absolute atomic E-state index is 0.00442. The molecule has 35 heavy (non-hydrogen) atoms. The Kier molecular flexibility index (Phi) is 7.88. The third-order valence-corrected chi connectivity index (χ3v) is 7.92. The summed E-state index contributed by atoms with van der Waals surface area (Å²) in [6.07, 6.45) is 0.632. The molecule has 0 amide bonds. The molecule has 10 heteroatoms. The van der Waals surface area contributed by atoms with Gasteiger partial charge in [0.05, 0.1) is 40.6 Å². The SMILES string of the molecule is CCc1c(CNS(=O)(=O)c2cccc(OC)c2)nn(-c2ccc(Cl)cc2Cl)c1-c1ccc(Br)cc1. The Labute approximate surface area is 223 Å². The first kappa shape index (κ1) is 25.7. The fourth-order valence-corrected chi connectivity index (χ4v) is 5.53. The first-order valence-corrected chi connectivity index (χ1v) is 13.7. The van der Waals surface area contributed by atoms with Gasteiger partial charge in [-0.15, -0.1) is 0 Å². The van der Waals surface area contributed by atoms with Gasteiger partial charge in [-0.05, 0) is 48.9 Å². The van der Waals surface area contributed by atoms with Crippen LogP contribution in [0, 0.1) is 0 Å². The number of nitrogens with one attached hydrogen (secondary N) is 1. The average molecular weight is 595 g/mol. The number of aromatic nitrogens is 2. The smallest absolute Gasteiger partial charge is 0.241 e. The van der Waals surface area contributed by atoms with Crippen LogP contribution in [-0.2, 0) is 23.0 Å². The molecule has 0 aliphatic carbocycles. The molecule has 182 valence electrons. The van der Waals surface area contributed by atoms with Crippen LogP contribution in [0.2, 0.25) is 10.0 Å². The molecule has 0 atom stereocenters.